The van der Waals surface area contributed by atoms with Gasteiger partial charge in [-0.25, -0.2) is 8.42 Å². The highest BCUT2D eigenvalue weighted by atomic mass is 32.2. The van der Waals surface area contributed by atoms with E-state index >= 15 is 0 Å². The largest absolute Gasteiger partial charge is 0.420 e. The Kier molecular flexibility index (Phi) is 5.50. The van der Waals surface area contributed by atoms with Crippen molar-refractivity contribution < 1.29 is 12.8 Å². The zero-order chi connectivity index (χ0) is 21.0. The van der Waals surface area contributed by atoms with Crippen molar-refractivity contribution in [3.05, 3.63) is 102 Å². The Morgan fingerprint density at radius 2 is 1.47 bits per heavy atom. The molecule has 0 spiro atoms. The van der Waals surface area contributed by atoms with E-state index in [9.17, 15) is 8.42 Å². The molecule has 6 heteroatoms. The highest BCUT2D eigenvalue weighted by molar-refractivity contribution is 7.91. The third kappa shape index (κ3) is 4.34. The third-order valence-electron chi connectivity index (χ3n) is 4.45. The van der Waals surface area contributed by atoms with Gasteiger partial charge >= 0.3 is 0 Å². The third-order valence-corrected chi connectivity index (χ3v) is 6.13. The minimum atomic E-state index is -3.86. The quantitative estimate of drug-likeness (QED) is 0.435. The van der Waals surface area contributed by atoms with Crippen LogP contribution in [0.4, 0.5) is 11.6 Å². The molecule has 4 aromatic rings. The molecule has 0 bridgehead atoms. The number of benzene rings is 3. The number of aromatic nitrogens is 1. The number of hydrogen-bond donors (Lipinski definition) is 1. The average Bonchev–Trinajstić information content (AvgIpc) is 3.19. The van der Waals surface area contributed by atoms with E-state index in [2.05, 4.69) is 10.3 Å². The van der Waals surface area contributed by atoms with Gasteiger partial charge in [0.2, 0.25) is 26.6 Å². The summed E-state index contributed by atoms with van der Waals surface area (Å²) < 4.78 is 32.2. The minimum Gasteiger partial charge on any atom is -0.420 e. The minimum absolute atomic E-state index is 0.0791. The van der Waals surface area contributed by atoms with E-state index in [1.54, 1.807) is 36.4 Å². The highest BCUT2D eigenvalue weighted by Gasteiger charge is 2.27. The number of aryl methyl sites for hydroxylation is 1. The van der Waals surface area contributed by atoms with Crippen molar-refractivity contribution in [3.63, 3.8) is 0 Å². The lowest BCUT2D eigenvalue weighted by Crippen LogP contribution is -2.05. The van der Waals surface area contributed by atoms with Gasteiger partial charge in [-0.05, 0) is 42.8 Å². The Hall–Kier alpha value is -3.64. The summed E-state index contributed by atoms with van der Waals surface area (Å²) in [7, 11) is -3.86. The molecule has 0 aliphatic heterocycles. The molecule has 0 fully saturated rings. The number of oxazole rings is 1. The molecule has 4 rings (SSSR count). The smallest absolute Gasteiger partial charge is 0.238 e. The molecule has 5 nitrogen and oxygen atoms in total. The van der Waals surface area contributed by atoms with Crippen LogP contribution in [0.15, 0.2) is 99.3 Å². The Morgan fingerprint density at radius 1 is 0.833 bits per heavy atom. The molecule has 0 amide bonds. The zero-order valence-electron chi connectivity index (χ0n) is 16.3. The standard InChI is InChI=1S/C24H20N2O3S/c1-18-12-15-20(16-13-18)25-23-24(30(27,28)21-10-6-3-7-11-21)26-22(29-23)17-14-19-8-4-2-5-9-19/h2-17,25H,1H3. The summed E-state index contributed by atoms with van der Waals surface area (Å²) >= 11 is 0. The van der Waals surface area contributed by atoms with Crippen molar-refractivity contribution in [2.24, 2.45) is 0 Å². The van der Waals surface area contributed by atoms with Crippen molar-refractivity contribution in [2.75, 3.05) is 5.32 Å². The van der Waals surface area contributed by atoms with Gasteiger partial charge in [0, 0.05) is 11.8 Å². The highest BCUT2D eigenvalue weighted by Crippen LogP contribution is 2.31. The van der Waals surface area contributed by atoms with Gasteiger partial charge in [0.15, 0.2) is 0 Å². The fourth-order valence-electron chi connectivity index (χ4n) is 2.87. The van der Waals surface area contributed by atoms with Crippen LogP contribution in [-0.4, -0.2) is 13.4 Å². The summed E-state index contributed by atoms with van der Waals surface area (Å²) in [5, 5.41) is 2.90. The average molecular weight is 417 g/mol. The van der Waals surface area contributed by atoms with E-state index in [-0.39, 0.29) is 21.7 Å². The predicted octanol–water partition coefficient (Wildman–Crippen LogP) is 5.73. The summed E-state index contributed by atoms with van der Waals surface area (Å²) in [5.41, 5.74) is 2.76. The van der Waals surface area contributed by atoms with E-state index in [4.69, 9.17) is 4.42 Å². The molecule has 1 heterocycles. The zero-order valence-corrected chi connectivity index (χ0v) is 17.1. The molecule has 0 aliphatic rings. The second kappa shape index (κ2) is 8.39. The van der Waals surface area contributed by atoms with Crippen LogP contribution in [0, 0.1) is 6.92 Å². The number of rotatable bonds is 6. The molecule has 0 atom stereocenters. The van der Waals surface area contributed by atoms with Crippen LogP contribution < -0.4 is 5.32 Å². The molecule has 0 saturated carbocycles. The number of nitrogens with zero attached hydrogens (tertiary/aromatic N) is 1. The van der Waals surface area contributed by atoms with E-state index in [1.807, 2.05) is 67.6 Å². The lowest BCUT2D eigenvalue weighted by atomic mass is 10.2. The summed E-state index contributed by atoms with van der Waals surface area (Å²) in [6, 6.07) is 25.4. The van der Waals surface area contributed by atoms with Gasteiger partial charge in [-0.1, -0.05) is 66.2 Å². The first-order chi connectivity index (χ1) is 14.5. The van der Waals surface area contributed by atoms with E-state index in [1.165, 1.54) is 0 Å². The van der Waals surface area contributed by atoms with Crippen molar-refractivity contribution in [1.29, 1.82) is 0 Å². The molecular formula is C24H20N2O3S. The number of nitrogens with one attached hydrogen (secondary N) is 1. The van der Waals surface area contributed by atoms with Crippen LogP contribution in [0.25, 0.3) is 12.2 Å². The fraction of sp³-hybridized carbons (Fsp3) is 0.0417. The van der Waals surface area contributed by atoms with Gasteiger partial charge in [-0.3, -0.25) is 0 Å². The van der Waals surface area contributed by atoms with Crippen LogP contribution in [-0.2, 0) is 9.84 Å². The molecule has 0 aliphatic carbocycles. The van der Waals surface area contributed by atoms with Crippen LogP contribution >= 0.6 is 0 Å². The van der Waals surface area contributed by atoms with E-state index in [0.29, 0.717) is 5.69 Å². The monoisotopic (exact) mass is 416 g/mol. The van der Waals surface area contributed by atoms with Crippen molar-refractivity contribution in [1.82, 2.24) is 4.98 Å². The number of hydrogen-bond acceptors (Lipinski definition) is 5. The lowest BCUT2D eigenvalue weighted by molar-refractivity contribution is 0.560. The van der Waals surface area contributed by atoms with Gasteiger partial charge < -0.3 is 9.73 Å². The van der Waals surface area contributed by atoms with Gasteiger partial charge in [-0.15, -0.1) is 0 Å². The second-order valence-electron chi connectivity index (χ2n) is 6.74. The predicted molar refractivity (Wildman–Crippen MR) is 118 cm³/mol. The van der Waals surface area contributed by atoms with Gasteiger partial charge in [0.05, 0.1) is 4.90 Å². The summed E-state index contributed by atoms with van der Waals surface area (Å²) in [6.45, 7) is 1.98. The summed E-state index contributed by atoms with van der Waals surface area (Å²) in [6.07, 6.45) is 3.47. The van der Waals surface area contributed by atoms with Crippen LogP contribution in [0.5, 0.6) is 0 Å². The molecule has 30 heavy (non-hydrogen) atoms. The lowest BCUT2D eigenvalue weighted by Gasteiger charge is -2.06. The number of anilines is 2. The fourth-order valence-corrected chi connectivity index (χ4v) is 4.15. The van der Waals surface area contributed by atoms with E-state index < -0.39 is 9.84 Å². The first kappa shape index (κ1) is 19.7. The first-order valence-electron chi connectivity index (χ1n) is 9.40. The molecule has 0 unspecified atom stereocenters. The van der Waals surface area contributed by atoms with Crippen LogP contribution in [0.1, 0.15) is 17.0 Å². The maximum absolute atomic E-state index is 13.2. The maximum Gasteiger partial charge on any atom is 0.238 e. The van der Waals surface area contributed by atoms with Crippen LogP contribution in [0.3, 0.4) is 0 Å². The van der Waals surface area contributed by atoms with Gasteiger partial charge in [0.1, 0.15) is 0 Å². The maximum atomic E-state index is 13.2. The van der Waals surface area contributed by atoms with Gasteiger partial charge in [0.25, 0.3) is 0 Å². The van der Waals surface area contributed by atoms with Gasteiger partial charge in [-0.2, -0.15) is 4.98 Å². The Morgan fingerprint density at radius 3 is 2.13 bits per heavy atom. The second-order valence-corrected chi connectivity index (χ2v) is 8.60. The Balaban J connectivity index is 1.75. The molecule has 150 valence electrons. The number of sulfone groups is 1. The van der Waals surface area contributed by atoms with Crippen LogP contribution in [0.2, 0.25) is 0 Å². The molecule has 3 aromatic carbocycles. The molecule has 0 radical (unpaired) electrons. The normalized spacial score (nSPS) is 11.6. The molecule has 0 saturated heterocycles. The Labute approximate surface area is 175 Å². The summed E-state index contributed by atoms with van der Waals surface area (Å²) in [4.78, 5) is 4.44. The van der Waals surface area contributed by atoms with Crippen molar-refractivity contribution in [3.8, 4) is 0 Å². The summed E-state index contributed by atoms with van der Waals surface area (Å²) in [5.74, 6) is 0.276. The molecular weight excluding hydrogens is 396 g/mol. The SMILES string of the molecule is Cc1ccc(Nc2oc(C=Cc3ccccc3)nc2S(=O)(=O)c2ccccc2)cc1. The Bertz CT molecular complexity index is 1260. The first-order valence-corrected chi connectivity index (χ1v) is 10.9. The van der Waals surface area contributed by atoms with E-state index in [0.717, 1.165) is 11.1 Å². The topological polar surface area (TPSA) is 72.2 Å². The molecule has 1 N–H and O–H groups in total. The van der Waals surface area contributed by atoms with Crippen molar-refractivity contribution in [2.45, 2.75) is 16.8 Å². The molecule has 1 aromatic heterocycles. The van der Waals surface area contributed by atoms with Crippen molar-refractivity contribution >= 4 is 33.6 Å².